The van der Waals surface area contributed by atoms with Gasteiger partial charge in [-0.3, -0.25) is 0 Å². The molecule has 1 aromatic rings. The normalized spacial score (nSPS) is 12.4. The zero-order valence-corrected chi connectivity index (χ0v) is 8.66. The molecule has 0 bridgehead atoms. The van der Waals surface area contributed by atoms with Gasteiger partial charge in [0.05, 0.1) is 0 Å². The van der Waals surface area contributed by atoms with Crippen molar-refractivity contribution in [1.29, 1.82) is 0 Å². The Morgan fingerprint density at radius 3 is 2.79 bits per heavy atom. The molecule has 0 aromatic heterocycles. The van der Waals surface area contributed by atoms with Crippen molar-refractivity contribution in [3.63, 3.8) is 0 Å². The molecule has 0 heterocycles. The van der Waals surface area contributed by atoms with Gasteiger partial charge in [-0.05, 0) is 36.5 Å². The zero-order chi connectivity index (χ0) is 10.6. The second-order valence-corrected chi connectivity index (χ2v) is 3.71. The molecule has 0 unspecified atom stereocenters. The van der Waals surface area contributed by atoms with Gasteiger partial charge in [-0.1, -0.05) is 19.1 Å². The van der Waals surface area contributed by atoms with Crippen LogP contribution in [0.25, 0.3) is 0 Å². The molecule has 76 valence electrons. The summed E-state index contributed by atoms with van der Waals surface area (Å²) >= 11 is 0. The van der Waals surface area contributed by atoms with E-state index in [4.69, 9.17) is 0 Å². The quantitative estimate of drug-likeness (QED) is 0.745. The summed E-state index contributed by atoms with van der Waals surface area (Å²) in [5.41, 5.74) is 1.98. The standard InChI is InChI=1S/C12H16O2/c1-9-5-6-11(12(14)8-9)10(2)4-3-7-13/h5-8,10,14H,3-4H2,1-2H3/t10-/m0/s1. The molecule has 2 heteroatoms. The number of hydrogen-bond donors (Lipinski definition) is 1. The Kier molecular flexibility index (Phi) is 3.69. The highest BCUT2D eigenvalue weighted by atomic mass is 16.3. The average Bonchev–Trinajstić information content (AvgIpc) is 2.14. The molecule has 0 aliphatic heterocycles. The molecular formula is C12H16O2. The number of rotatable bonds is 4. The van der Waals surface area contributed by atoms with Gasteiger partial charge in [0.1, 0.15) is 12.0 Å². The Labute approximate surface area is 84.6 Å². The number of hydrogen-bond acceptors (Lipinski definition) is 2. The van der Waals surface area contributed by atoms with Crippen LogP contribution in [0.4, 0.5) is 0 Å². The molecule has 0 saturated heterocycles. The van der Waals surface area contributed by atoms with Gasteiger partial charge in [0, 0.05) is 6.42 Å². The van der Waals surface area contributed by atoms with E-state index < -0.39 is 0 Å². The Morgan fingerprint density at radius 2 is 2.21 bits per heavy atom. The van der Waals surface area contributed by atoms with Crippen molar-refractivity contribution in [2.24, 2.45) is 0 Å². The molecule has 0 radical (unpaired) electrons. The fourth-order valence-electron chi connectivity index (χ4n) is 1.54. The third-order valence-electron chi connectivity index (χ3n) is 2.43. The SMILES string of the molecule is Cc1ccc([C@@H](C)CCC=O)c(O)c1. The number of phenolic OH excluding ortho intramolecular Hbond substituents is 1. The van der Waals surface area contributed by atoms with Gasteiger partial charge in [0.2, 0.25) is 0 Å². The summed E-state index contributed by atoms with van der Waals surface area (Å²) in [6.07, 6.45) is 2.26. The van der Waals surface area contributed by atoms with Crippen LogP contribution in [-0.2, 0) is 4.79 Å². The molecule has 0 aliphatic carbocycles. The van der Waals surface area contributed by atoms with Crippen LogP contribution < -0.4 is 0 Å². The highest BCUT2D eigenvalue weighted by molar-refractivity contribution is 5.49. The molecule has 0 amide bonds. The first-order chi connectivity index (χ1) is 6.65. The van der Waals surface area contributed by atoms with Crippen LogP contribution in [0.1, 0.15) is 36.8 Å². The van der Waals surface area contributed by atoms with E-state index in [2.05, 4.69) is 0 Å². The minimum absolute atomic E-state index is 0.237. The fourth-order valence-corrected chi connectivity index (χ4v) is 1.54. The van der Waals surface area contributed by atoms with Crippen LogP contribution in [-0.4, -0.2) is 11.4 Å². The number of aryl methyl sites for hydroxylation is 1. The maximum Gasteiger partial charge on any atom is 0.120 e. The maximum atomic E-state index is 10.2. The molecule has 1 rings (SSSR count). The summed E-state index contributed by atoms with van der Waals surface area (Å²) in [5.74, 6) is 0.573. The molecule has 0 aliphatic rings. The summed E-state index contributed by atoms with van der Waals surface area (Å²) in [6, 6.07) is 5.67. The van der Waals surface area contributed by atoms with Crippen molar-refractivity contribution in [2.75, 3.05) is 0 Å². The van der Waals surface area contributed by atoms with Gasteiger partial charge in [-0.2, -0.15) is 0 Å². The molecular weight excluding hydrogens is 176 g/mol. The second kappa shape index (κ2) is 4.80. The minimum Gasteiger partial charge on any atom is -0.508 e. The molecule has 2 nitrogen and oxygen atoms in total. The van der Waals surface area contributed by atoms with E-state index in [9.17, 15) is 9.90 Å². The third-order valence-corrected chi connectivity index (χ3v) is 2.43. The molecule has 1 atom stereocenters. The van der Waals surface area contributed by atoms with Crippen molar-refractivity contribution in [3.05, 3.63) is 29.3 Å². The van der Waals surface area contributed by atoms with Crippen molar-refractivity contribution in [3.8, 4) is 5.75 Å². The summed E-state index contributed by atoms with van der Waals surface area (Å²) in [4.78, 5) is 10.2. The molecule has 0 fully saturated rings. The van der Waals surface area contributed by atoms with Crippen LogP contribution in [0.15, 0.2) is 18.2 Å². The predicted molar refractivity (Wildman–Crippen MR) is 56.6 cm³/mol. The van der Waals surface area contributed by atoms with Crippen molar-refractivity contribution in [1.82, 2.24) is 0 Å². The largest absolute Gasteiger partial charge is 0.508 e. The lowest BCUT2D eigenvalue weighted by molar-refractivity contribution is -0.108. The summed E-state index contributed by atoms with van der Waals surface area (Å²) < 4.78 is 0. The van der Waals surface area contributed by atoms with E-state index in [-0.39, 0.29) is 5.92 Å². The molecule has 0 spiro atoms. The van der Waals surface area contributed by atoms with Gasteiger partial charge in [-0.15, -0.1) is 0 Å². The van der Waals surface area contributed by atoms with Crippen LogP contribution in [0.5, 0.6) is 5.75 Å². The number of phenols is 1. The van der Waals surface area contributed by atoms with Crippen molar-refractivity contribution in [2.45, 2.75) is 32.6 Å². The van der Waals surface area contributed by atoms with E-state index in [0.717, 1.165) is 23.8 Å². The Morgan fingerprint density at radius 1 is 1.50 bits per heavy atom. The Bertz CT molecular complexity index is 318. The summed E-state index contributed by atoms with van der Waals surface area (Å²) in [7, 11) is 0. The van der Waals surface area contributed by atoms with Crippen LogP contribution in [0, 0.1) is 6.92 Å². The van der Waals surface area contributed by atoms with Crippen LogP contribution >= 0.6 is 0 Å². The highest BCUT2D eigenvalue weighted by Gasteiger charge is 2.09. The lowest BCUT2D eigenvalue weighted by Gasteiger charge is -2.12. The van der Waals surface area contributed by atoms with Gasteiger partial charge >= 0.3 is 0 Å². The third kappa shape index (κ3) is 2.59. The lowest BCUT2D eigenvalue weighted by atomic mass is 9.95. The van der Waals surface area contributed by atoms with Gasteiger partial charge in [0.15, 0.2) is 0 Å². The number of benzene rings is 1. The van der Waals surface area contributed by atoms with Gasteiger partial charge in [-0.25, -0.2) is 0 Å². The van der Waals surface area contributed by atoms with E-state index in [1.54, 1.807) is 6.07 Å². The average molecular weight is 192 g/mol. The van der Waals surface area contributed by atoms with E-state index in [1.807, 2.05) is 26.0 Å². The zero-order valence-electron chi connectivity index (χ0n) is 8.66. The second-order valence-electron chi connectivity index (χ2n) is 3.71. The number of carbonyl (C=O) groups excluding carboxylic acids is 1. The summed E-state index contributed by atoms with van der Waals surface area (Å²) in [6.45, 7) is 3.97. The topological polar surface area (TPSA) is 37.3 Å². The number of aldehydes is 1. The first kappa shape index (κ1) is 10.8. The number of aromatic hydroxyl groups is 1. The molecule has 0 saturated carbocycles. The summed E-state index contributed by atoms with van der Waals surface area (Å²) in [5, 5.41) is 9.67. The smallest absolute Gasteiger partial charge is 0.120 e. The number of carbonyl (C=O) groups is 1. The van der Waals surface area contributed by atoms with Gasteiger partial charge in [0.25, 0.3) is 0 Å². The van der Waals surface area contributed by atoms with Crippen LogP contribution in [0.2, 0.25) is 0 Å². The fraction of sp³-hybridized carbons (Fsp3) is 0.417. The van der Waals surface area contributed by atoms with Crippen molar-refractivity contribution >= 4 is 6.29 Å². The minimum atomic E-state index is 0.237. The van der Waals surface area contributed by atoms with Crippen LogP contribution in [0.3, 0.4) is 0 Å². The molecule has 14 heavy (non-hydrogen) atoms. The lowest BCUT2D eigenvalue weighted by Crippen LogP contribution is -1.95. The first-order valence-electron chi connectivity index (χ1n) is 4.88. The maximum absolute atomic E-state index is 10.2. The van der Waals surface area contributed by atoms with E-state index in [1.165, 1.54) is 0 Å². The van der Waals surface area contributed by atoms with E-state index in [0.29, 0.717) is 12.2 Å². The monoisotopic (exact) mass is 192 g/mol. The highest BCUT2D eigenvalue weighted by Crippen LogP contribution is 2.29. The van der Waals surface area contributed by atoms with Crippen molar-refractivity contribution < 1.29 is 9.90 Å². The molecule has 1 N–H and O–H groups in total. The van der Waals surface area contributed by atoms with Gasteiger partial charge < -0.3 is 9.90 Å². The Balaban J connectivity index is 2.78. The molecule has 1 aromatic carbocycles. The van der Waals surface area contributed by atoms with E-state index >= 15 is 0 Å². The Hall–Kier alpha value is -1.31. The first-order valence-corrected chi connectivity index (χ1v) is 4.88. The predicted octanol–water partition coefficient (Wildman–Crippen LogP) is 2.78.